The standard InChI is InChI=1S/C61H42N2/c1-6-21-43(22-7-1)50-32-20-33-51(44-23-8-2-9-24-44)60(50)45-37-39-57-53(41-45)52-31-16-18-35-56(52)63(57)49-38-40-59-55(42-49)61(46-25-10-3-11-26-46,47-27-12-4-13-28-47)54-34-17-19-36-58(54)62(59)48-29-14-5-15-30-48/h1-42H/i1D,2D,6D,7D,8D,9D,21D,22D,23D,24D. The average molecular weight is 813 g/mol. The minimum atomic E-state index is -0.769. The Morgan fingerprint density at radius 3 is 1.59 bits per heavy atom. The minimum absolute atomic E-state index is 0.0711. The molecular weight excluding hydrogens is 761 g/mol. The molecule has 0 amide bonds. The number of hydrogen-bond donors (Lipinski definition) is 0. The van der Waals surface area contributed by atoms with Crippen molar-refractivity contribution < 1.29 is 13.7 Å². The first-order valence-electron chi connectivity index (χ1n) is 25.9. The van der Waals surface area contributed by atoms with E-state index >= 15 is 0 Å². The van der Waals surface area contributed by atoms with Gasteiger partial charge in [-0.3, -0.25) is 0 Å². The van der Waals surface area contributed by atoms with Crippen LogP contribution in [0.2, 0.25) is 0 Å². The van der Waals surface area contributed by atoms with E-state index < -0.39 is 65.8 Å². The molecule has 1 aromatic heterocycles. The molecule has 63 heavy (non-hydrogen) atoms. The van der Waals surface area contributed by atoms with Gasteiger partial charge in [-0.2, -0.15) is 0 Å². The summed E-state index contributed by atoms with van der Waals surface area (Å²) < 4.78 is 89.9. The Labute approximate surface area is 382 Å². The van der Waals surface area contributed by atoms with Gasteiger partial charge < -0.3 is 9.47 Å². The van der Waals surface area contributed by atoms with E-state index in [1.165, 1.54) is 0 Å². The van der Waals surface area contributed by atoms with Gasteiger partial charge in [0.25, 0.3) is 0 Å². The molecule has 0 N–H and O–H groups in total. The summed E-state index contributed by atoms with van der Waals surface area (Å²) in [7, 11) is 0. The van der Waals surface area contributed by atoms with Crippen molar-refractivity contribution in [3.05, 3.63) is 277 Å². The fourth-order valence-electron chi connectivity index (χ4n) is 9.90. The molecule has 0 saturated carbocycles. The molecule has 0 atom stereocenters. The second-order valence-corrected chi connectivity index (χ2v) is 15.7. The van der Waals surface area contributed by atoms with Crippen LogP contribution in [0.3, 0.4) is 0 Å². The van der Waals surface area contributed by atoms with Crippen molar-refractivity contribution in [2.45, 2.75) is 5.41 Å². The normalized spacial score (nSPS) is 15.1. The molecule has 0 fully saturated rings. The Morgan fingerprint density at radius 2 is 0.921 bits per heavy atom. The number of benzene rings is 10. The SMILES string of the molecule is [2H]c1c([2H])c([2H])c(-c2cccc(-c3c([2H])c([2H])c([2H])c([2H])c3[2H])c2-c2ccc3c(c2)c2ccccc2n3-c2ccc3c(c2)C(c2ccccc2)(c2ccccc2)c2ccccc2N3c2ccccc2)c([2H])c1[2H]. The molecule has 296 valence electrons. The van der Waals surface area contributed by atoms with E-state index in [1.54, 1.807) is 18.2 Å². The topological polar surface area (TPSA) is 8.17 Å². The molecule has 0 radical (unpaired) electrons. The maximum absolute atomic E-state index is 9.09. The number of rotatable bonds is 7. The van der Waals surface area contributed by atoms with E-state index in [1.807, 2.05) is 48.5 Å². The molecule has 0 saturated heterocycles. The number of aromatic nitrogens is 1. The molecule has 12 rings (SSSR count). The van der Waals surface area contributed by atoms with Crippen molar-refractivity contribution in [2.75, 3.05) is 4.90 Å². The van der Waals surface area contributed by atoms with Gasteiger partial charge in [-0.15, -0.1) is 0 Å². The van der Waals surface area contributed by atoms with Gasteiger partial charge in [0.2, 0.25) is 0 Å². The monoisotopic (exact) mass is 812 g/mol. The zero-order valence-corrected chi connectivity index (χ0v) is 33.9. The van der Waals surface area contributed by atoms with Gasteiger partial charge in [-0.05, 0) is 110 Å². The quantitative estimate of drug-likeness (QED) is 0.156. The molecule has 2 heterocycles. The van der Waals surface area contributed by atoms with Crippen molar-refractivity contribution >= 4 is 38.9 Å². The number of fused-ring (bicyclic) bond motifs is 5. The van der Waals surface area contributed by atoms with Crippen molar-refractivity contribution in [2.24, 2.45) is 0 Å². The van der Waals surface area contributed by atoms with Gasteiger partial charge in [-0.25, -0.2) is 0 Å². The highest BCUT2D eigenvalue weighted by Gasteiger charge is 2.46. The van der Waals surface area contributed by atoms with E-state index in [2.05, 4.69) is 137 Å². The van der Waals surface area contributed by atoms with E-state index in [0.29, 0.717) is 11.1 Å². The maximum atomic E-state index is 9.09. The lowest BCUT2D eigenvalue weighted by molar-refractivity contribution is 0.730. The third-order valence-electron chi connectivity index (χ3n) is 12.4. The summed E-state index contributed by atoms with van der Waals surface area (Å²) in [5, 5.41) is 1.75. The van der Waals surface area contributed by atoms with Gasteiger partial charge in [-0.1, -0.05) is 200 Å². The summed E-state index contributed by atoms with van der Waals surface area (Å²) in [5.41, 5.74) is 10.7. The van der Waals surface area contributed by atoms with Gasteiger partial charge in [0.05, 0.1) is 41.5 Å². The molecule has 2 nitrogen and oxygen atoms in total. The smallest absolute Gasteiger partial charge is 0.0743 e. The number of anilines is 3. The zero-order valence-electron chi connectivity index (χ0n) is 43.9. The van der Waals surface area contributed by atoms with Crippen LogP contribution in [0.25, 0.3) is 60.9 Å². The molecule has 11 aromatic rings. The van der Waals surface area contributed by atoms with Crippen LogP contribution in [0.1, 0.15) is 36.0 Å². The Bertz CT molecular complexity index is 3860. The summed E-state index contributed by atoms with van der Waals surface area (Å²) in [4.78, 5) is 2.34. The summed E-state index contributed by atoms with van der Waals surface area (Å²) >= 11 is 0. The second kappa shape index (κ2) is 15.1. The van der Waals surface area contributed by atoms with Crippen molar-refractivity contribution in [3.63, 3.8) is 0 Å². The van der Waals surface area contributed by atoms with Gasteiger partial charge in [0.1, 0.15) is 0 Å². The van der Waals surface area contributed by atoms with Gasteiger partial charge >= 0.3 is 0 Å². The number of para-hydroxylation sites is 3. The molecule has 1 aliphatic rings. The van der Waals surface area contributed by atoms with Crippen LogP contribution in [0, 0.1) is 0 Å². The third kappa shape index (κ3) is 5.80. The van der Waals surface area contributed by atoms with Crippen LogP contribution >= 0.6 is 0 Å². The van der Waals surface area contributed by atoms with Crippen LogP contribution < -0.4 is 4.90 Å². The maximum Gasteiger partial charge on any atom is 0.0743 e. The van der Waals surface area contributed by atoms with Gasteiger partial charge in [0, 0.05) is 22.1 Å². The third-order valence-corrected chi connectivity index (χ3v) is 12.4. The Hall–Kier alpha value is -8.20. The molecule has 10 aromatic carbocycles. The second-order valence-electron chi connectivity index (χ2n) is 15.7. The summed E-state index contributed by atoms with van der Waals surface area (Å²) in [5.74, 6) is 0. The van der Waals surface area contributed by atoms with Crippen LogP contribution in [0.15, 0.2) is 255 Å². The number of nitrogens with zero attached hydrogens (tertiary/aromatic N) is 2. The predicted octanol–water partition coefficient (Wildman–Crippen LogP) is 16.0. The van der Waals surface area contributed by atoms with Crippen LogP contribution in [-0.2, 0) is 5.41 Å². The highest BCUT2D eigenvalue weighted by molar-refractivity contribution is 6.11. The number of hydrogen-bond acceptors (Lipinski definition) is 1. The zero-order chi connectivity index (χ0) is 50.4. The fraction of sp³-hybridized carbons (Fsp3) is 0.0164. The highest BCUT2D eigenvalue weighted by Crippen LogP contribution is 2.58. The predicted molar refractivity (Wildman–Crippen MR) is 264 cm³/mol. The summed E-state index contributed by atoms with van der Waals surface area (Å²) in [6.45, 7) is 0. The largest absolute Gasteiger partial charge is 0.310 e. The van der Waals surface area contributed by atoms with E-state index in [-0.39, 0.29) is 22.3 Å². The average Bonchev–Trinajstić information content (AvgIpc) is 3.77. The van der Waals surface area contributed by atoms with Crippen LogP contribution in [0.4, 0.5) is 17.1 Å². The Kier molecular flexibility index (Phi) is 6.60. The lowest BCUT2D eigenvalue weighted by Gasteiger charge is -2.46. The van der Waals surface area contributed by atoms with Crippen molar-refractivity contribution in [1.82, 2.24) is 4.57 Å². The molecule has 0 bridgehead atoms. The molecule has 1 aliphatic heterocycles. The molecule has 0 spiro atoms. The molecule has 0 unspecified atom stereocenters. The first-order chi connectivity index (χ1) is 35.4. The first kappa shape index (κ1) is 27.6. The highest BCUT2D eigenvalue weighted by atomic mass is 15.2. The lowest BCUT2D eigenvalue weighted by atomic mass is 9.62. The van der Waals surface area contributed by atoms with Crippen molar-refractivity contribution in [1.29, 1.82) is 0 Å². The fourth-order valence-corrected chi connectivity index (χ4v) is 9.90. The molecule has 2 heteroatoms. The lowest BCUT2D eigenvalue weighted by Crippen LogP contribution is -2.37. The first-order valence-corrected chi connectivity index (χ1v) is 20.9. The van der Waals surface area contributed by atoms with Crippen LogP contribution in [0.5, 0.6) is 0 Å². The van der Waals surface area contributed by atoms with E-state index in [9.17, 15) is 0 Å². The Morgan fingerprint density at radius 1 is 0.365 bits per heavy atom. The molecule has 0 aliphatic carbocycles. The van der Waals surface area contributed by atoms with E-state index in [4.69, 9.17) is 13.7 Å². The molecular formula is C61H42N2. The summed E-state index contributed by atoms with van der Waals surface area (Å²) in [6.07, 6.45) is 0. The summed E-state index contributed by atoms with van der Waals surface area (Å²) in [6, 6.07) is 61.2. The van der Waals surface area contributed by atoms with Gasteiger partial charge in [0.15, 0.2) is 0 Å². The van der Waals surface area contributed by atoms with Crippen LogP contribution in [-0.4, -0.2) is 4.57 Å². The van der Waals surface area contributed by atoms with Crippen molar-refractivity contribution in [3.8, 4) is 39.1 Å². The van der Waals surface area contributed by atoms with E-state index in [0.717, 1.165) is 66.8 Å². The minimum Gasteiger partial charge on any atom is -0.310 e. The Balaban J connectivity index is 1.16.